The average molecular weight is 713 g/mol. The molecule has 0 spiro atoms. The summed E-state index contributed by atoms with van der Waals surface area (Å²) in [7, 11) is 0. The van der Waals surface area contributed by atoms with Crippen molar-refractivity contribution in [2.24, 2.45) is 0 Å². The highest BCUT2D eigenvalue weighted by Gasteiger charge is 2.30. The third-order valence-corrected chi connectivity index (χ3v) is 13.0. The Bertz CT molecular complexity index is 3230. The standard InChI is InChI=1S/C54H29Cl/c55-54-46(44-26-23-31-11-8-20-39-36-14-2-5-17-42(36)52(44)49(31)39)28-33(34-25-22-30-10-7-19-38-35-13-1-4-16-41(35)51(34)48(30)38)29-47(54)45-27-24-32-12-9-21-40-37-15-3-6-18-43(37)53(45)50(32)40/h1-29H. The largest absolute Gasteiger partial charge is 0.0830 e. The van der Waals surface area contributed by atoms with Crippen LogP contribution in [0.1, 0.15) is 0 Å². The highest BCUT2D eigenvalue weighted by molar-refractivity contribution is 6.38. The van der Waals surface area contributed by atoms with Crippen LogP contribution in [0.2, 0.25) is 5.02 Å². The van der Waals surface area contributed by atoms with Gasteiger partial charge in [0, 0.05) is 11.1 Å². The van der Waals surface area contributed by atoms with Crippen molar-refractivity contribution < 1.29 is 0 Å². The van der Waals surface area contributed by atoms with E-state index in [0.29, 0.717) is 0 Å². The van der Waals surface area contributed by atoms with Crippen molar-refractivity contribution in [1.82, 2.24) is 0 Å². The molecule has 0 amide bonds. The molecule has 0 aliphatic heterocycles. The zero-order chi connectivity index (χ0) is 35.9. The fourth-order valence-electron chi connectivity index (χ4n) is 10.3. The van der Waals surface area contributed by atoms with Crippen LogP contribution in [0.25, 0.3) is 132 Å². The molecule has 0 atom stereocenters. The lowest BCUT2D eigenvalue weighted by Gasteiger charge is -2.20. The van der Waals surface area contributed by atoms with Gasteiger partial charge in [0.25, 0.3) is 0 Å². The second-order valence-electron chi connectivity index (χ2n) is 15.2. The van der Waals surface area contributed by atoms with Crippen LogP contribution >= 0.6 is 11.6 Å². The molecule has 10 aromatic rings. The highest BCUT2D eigenvalue weighted by Crippen LogP contribution is 2.57. The molecule has 0 saturated carbocycles. The van der Waals surface area contributed by atoms with Crippen LogP contribution in [0.15, 0.2) is 176 Å². The first-order valence-electron chi connectivity index (χ1n) is 19.0. The first-order valence-corrected chi connectivity index (χ1v) is 19.4. The van der Waals surface area contributed by atoms with Gasteiger partial charge in [-0.2, -0.15) is 0 Å². The summed E-state index contributed by atoms with van der Waals surface area (Å²) in [5.74, 6) is 0. The SMILES string of the molecule is Clc1c(-c2ccc3cccc4c3c2-c2ccccc2-4)cc(-c2ccc3cccc4c3c2-c2ccccc2-4)cc1-c1ccc2cccc3c2c1-c1ccccc1-3. The van der Waals surface area contributed by atoms with Gasteiger partial charge < -0.3 is 0 Å². The number of halogens is 1. The molecule has 0 fully saturated rings. The Labute approximate surface area is 323 Å². The lowest BCUT2D eigenvalue weighted by atomic mass is 9.85. The molecule has 0 aromatic heterocycles. The molecule has 0 heterocycles. The number of fused-ring (bicyclic) bond motifs is 9. The molecule has 0 nitrogen and oxygen atoms in total. The summed E-state index contributed by atoms with van der Waals surface area (Å²) in [6.45, 7) is 0. The zero-order valence-corrected chi connectivity index (χ0v) is 30.4. The van der Waals surface area contributed by atoms with Crippen molar-refractivity contribution in [3.05, 3.63) is 181 Å². The molecule has 13 rings (SSSR count). The number of benzene rings is 10. The van der Waals surface area contributed by atoms with E-state index in [0.717, 1.165) is 32.8 Å². The third-order valence-electron chi connectivity index (χ3n) is 12.6. The second-order valence-corrected chi connectivity index (χ2v) is 15.6. The predicted molar refractivity (Wildman–Crippen MR) is 234 cm³/mol. The van der Waals surface area contributed by atoms with Gasteiger partial charge in [-0.15, -0.1) is 0 Å². The predicted octanol–water partition coefficient (Wildman–Crippen LogP) is 15.7. The fraction of sp³-hybridized carbons (Fsp3) is 0. The summed E-state index contributed by atoms with van der Waals surface area (Å²) in [5.41, 5.74) is 22.2. The van der Waals surface area contributed by atoms with E-state index in [4.69, 9.17) is 11.6 Å². The highest BCUT2D eigenvalue weighted by atomic mass is 35.5. The quantitative estimate of drug-likeness (QED) is 0.171. The van der Waals surface area contributed by atoms with E-state index in [1.165, 1.54) is 105 Å². The van der Waals surface area contributed by atoms with Crippen molar-refractivity contribution in [2.45, 2.75) is 0 Å². The minimum absolute atomic E-state index is 0.775. The Morgan fingerprint density at radius 2 is 0.564 bits per heavy atom. The Hall–Kier alpha value is -6.73. The van der Waals surface area contributed by atoms with E-state index in [1.54, 1.807) is 0 Å². The van der Waals surface area contributed by atoms with Gasteiger partial charge >= 0.3 is 0 Å². The van der Waals surface area contributed by atoms with E-state index in [1.807, 2.05) is 0 Å². The van der Waals surface area contributed by atoms with Gasteiger partial charge in [0.15, 0.2) is 0 Å². The molecule has 3 aliphatic carbocycles. The van der Waals surface area contributed by atoms with Gasteiger partial charge in [-0.1, -0.05) is 175 Å². The molecule has 55 heavy (non-hydrogen) atoms. The molecular formula is C54H29Cl. The third kappa shape index (κ3) is 3.82. The normalized spacial score (nSPS) is 12.5. The van der Waals surface area contributed by atoms with Gasteiger partial charge in [0.1, 0.15) is 0 Å². The molecule has 0 N–H and O–H groups in total. The lowest BCUT2D eigenvalue weighted by molar-refractivity contribution is 1.59. The Balaban J connectivity index is 1.17. The van der Waals surface area contributed by atoms with Gasteiger partial charge in [-0.25, -0.2) is 0 Å². The van der Waals surface area contributed by atoms with Gasteiger partial charge in [0.2, 0.25) is 0 Å². The van der Waals surface area contributed by atoms with E-state index < -0.39 is 0 Å². The van der Waals surface area contributed by atoms with E-state index in [9.17, 15) is 0 Å². The smallest absolute Gasteiger partial charge is 0.0563 e. The van der Waals surface area contributed by atoms with Crippen LogP contribution in [-0.2, 0) is 0 Å². The maximum atomic E-state index is 7.95. The maximum absolute atomic E-state index is 7.95. The van der Waals surface area contributed by atoms with Crippen LogP contribution in [0, 0.1) is 0 Å². The summed E-state index contributed by atoms with van der Waals surface area (Å²) < 4.78 is 0. The molecule has 1 heteroatoms. The van der Waals surface area contributed by atoms with Gasteiger partial charge in [-0.05, 0) is 133 Å². The van der Waals surface area contributed by atoms with E-state index in [2.05, 4.69) is 176 Å². The molecule has 10 aromatic carbocycles. The first kappa shape index (κ1) is 29.7. The molecule has 0 saturated heterocycles. The summed E-state index contributed by atoms with van der Waals surface area (Å²) in [6.07, 6.45) is 0. The van der Waals surface area contributed by atoms with Crippen molar-refractivity contribution in [2.75, 3.05) is 0 Å². The van der Waals surface area contributed by atoms with Crippen LogP contribution < -0.4 is 0 Å². The minimum atomic E-state index is 0.775. The monoisotopic (exact) mass is 712 g/mol. The number of rotatable bonds is 3. The van der Waals surface area contributed by atoms with Crippen LogP contribution in [-0.4, -0.2) is 0 Å². The number of hydrogen-bond donors (Lipinski definition) is 0. The van der Waals surface area contributed by atoms with Gasteiger partial charge in [0.05, 0.1) is 5.02 Å². The maximum Gasteiger partial charge on any atom is 0.0563 e. The topological polar surface area (TPSA) is 0 Å². The Morgan fingerprint density at radius 1 is 0.236 bits per heavy atom. The molecule has 0 radical (unpaired) electrons. The Kier molecular flexibility index (Phi) is 5.77. The molecule has 0 bridgehead atoms. The summed E-state index contributed by atoms with van der Waals surface area (Å²) in [5, 5.41) is 8.46. The zero-order valence-electron chi connectivity index (χ0n) is 29.6. The van der Waals surface area contributed by atoms with E-state index >= 15 is 0 Å². The van der Waals surface area contributed by atoms with E-state index in [-0.39, 0.29) is 0 Å². The lowest BCUT2D eigenvalue weighted by Crippen LogP contribution is -1.94. The van der Waals surface area contributed by atoms with Crippen molar-refractivity contribution >= 4 is 43.9 Å². The van der Waals surface area contributed by atoms with Gasteiger partial charge in [-0.3, -0.25) is 0 Å². The minimum Gasteiger partial charge on any atom is -0.0830 e. The Morgan fingerprint density at radius 3 is 0.964 bits per heavy atom. The molecular weight excluding hydrogens is 684 g/mol. The summed E-state index contributed by atoms with van der Waals surface area (Å²) >= 11 is 7.95. The molecule has 252 valence electrons. The molecule has 3 aliphatic rings. The second kappa shape index (κ2) is 10.7. The van der Waals surface area contributed by atoms with Crippen LogP contribution in [0.5, 0.6) is 0 Å². The summed E-state index contributed by atoms with van der Waals surface area (Å²) in [6, 6.07) is 65.2. The molecule has 0 unspecified atom stereocenters. The fourth-order valence-corrected chi connectivity index (χ4v) is 10.6. The van der Waals surface area contributed by atoms with Crippen molar-refractivity contribution in [3.8, 4) is 100 Å². The average Bonchev–Trinajstić information content (AvgIpc) is 3.89. The first-order chi connectivity index (χ1) is 27.2. The van der Waals surface area contributed by atoms with Crippen molar-refractivity contribution in [1.29, 1.82) is 0 Å². The van der Waals surface area contributed by atoms with Crippen molar-refractivity contribution in [3.63, 3.8) is 0 Å². The summed E-state index contributed by atoms with van der Waals surface area (Å²) in [4.78, 5) is 0. The number of hydrogen-bond acceptors (Lipinski definition) is 0. The van der Waals surface area contributed by atoms with Crippen LogP contribution in [0.4, 0.5) is 0 Å². The van der Waals surface area contributed by atoms with Crippen LogP contribution in [0.3, 0.4) is 0 Å².